The molecule has 1 N–H and O–H groups in total. The summed E-state index contributed by atoms with van der Waals surface area (Å²) in [6.07, 6.45) is 0. The monoisotopic (exact) mass is 378 g/mol. The number of sulfonamides is 1. The van der Waals surface area contributed by atoms with Crippen LogP contribution in [0.15, 0.2) is 57.9 Å². The van der Waals surface area contributed by atoms with Crippen LogP contribution in [-0.4, -0.2) is 20.7 Å². The zero-order chi connectivity index (χ0) is 18.0. The minimum Gasteiger partial charge on any atom is -0.495 e. The summed E-state index contributed by atoms with van der Waals surface area (Å²) in [6, 6.07) is 13.4. The lowest BCUT2D eigenvalue weighted by Gasteiger charge is -2.10. The molecule has 0 aliphatic heterocycles. The fraction of sp³-hybridized carbons (Fsp3) is 0.118. The summed E-state index contributed by atoms with van der Waals surface area (Å²) in [5.41, 5.74) is 2.04. The van der Waals surface area contributed by atoms with Crippen molar-refractivity contribution in [2.45, 2.75) is 11.8 Å². The first kappa shape index (κ1) is 17.3. The van der Waals surface area contributed by atoms with Crippen LogP contribution in [0.5, 0.6) is 5.75 Å². The molecule has 0 radical (unpaired) electrons. The molecule has 3 aromatic rings. The molecule has 0 aliphatic rings. The molecule has 1 aromatic heterocycles. The third kappa shape index (κ3) is 3.78. The molecule has 25 heavy (non-hydrogen) atoms. The van der Waals surface area contributed by atoms with Gasteiger partial charge in [-0.2, -0.15) is 0 Å². The number of ether oxygens (including phenoxy) is 1. The van der Waals surface area contributed by atoms with Crippen LogP contribution >= 0.6 is 11.6 Å². The highest BCUT2D eigenvalue weighted by Gasteiger charge is 2.22. The lowest BCUT2D eigenvalue weighted by atomic mass is 10.1. The zero-order valence-electron chi connectivity index (χ0n) is 13.5. The SMILES string of the molecule is COc1ccc(C)cc1S(=O)(=O)Nc1cc(-c2ccc(Cl)cc2)no1. The van der Waals surface area contributed by atoms with Crippen LogP contribution in [0.2, 0.25) is 5.02 Å². The second-order valence-corrected chi connectivity index (χ2v) is 7.43. The van der Waals surface area contributed by atoms with E-state index in [1.165, 1.54) is 19.2 Å². The summed E-state index contributed by atoms with van der Waals surface area (Å²) in [7, 11) is -2.47. The Morgan fingerprint density at radius 2 is 1.84 bits per heavy atom. The molecular weight excluding hydrogens is 364 g/mol. The van der Waals surface area contributed by atoms with Gasteiger partial charge in [-0.05, 0) is 36.8 Å². The van der Waals surface area contributed by atoms with E-state index in [-0.39, 0.29) is 16.5 Å². The van der Waals surface area contributed by atoms with Crippen molar-refractivity contribution < 1.29 is 17.7 Å². The van der Waals surface area contributed by atoms with Gasteiger partial charge in [-0.3, -0.25) is 0 Å². The number of nitrogens with zero attached hydrogens (tertiary/aromatic N) is 1. The molecule has 0 aliphatic carbocycles. The second-order valence-electron chi connectivity index (χ2n) is 5.34. The lowest BCUT2D eigenvalue weighted by molar-refractivity contribution is 0.402. The predicted molar refractivity (Wildman–Crippen MR) is 95.5 cm³/mol. The Kier molecular flexibility index (Phi) is 4.69. The van der Waals surface area contributed by atoms with E-state index in [1.807, 2.05) is 0 Å². The van der Waals surface area contributed by atoms with Gasteiger partial charge >= 0.3 is 0 Å². The molecule has 3 rings (SSSR count). The molecule has 0 fully saturated rings. The standard InChI is InChI=1S/C17H15ClN2O4S/c1-11-3-8-15(23-2)16(9-11)25(21,22)20-17-10-14(19-24-17)12-4-6-13(18)7-5-12/h3-10,20H,1-2H3. The molecule has 0 unspecified atom stereocenters. The Morgan fingerprint density at radius 3 is 2.52 bits per heavy atom. The minimum absolute atomic E-state index is 0.00788. The number of benzene rings is 2. The number of methoxy groups -OCH3 is 1. The summed E-state index contributed by atoms with van der Waals surface area (Å²) < 4.78 is 37.9. The van der Waals surface area contributed by atoms with Crippen molar-refractivity contribution in [2.75, 3.05) is 11.8 Å². The highest BCUT2D eigenvalue weighted by molar-refractivity contribution is 7.92. The van der Waals surface area contributed by atoms with Gasteiger partial charge in [0.25, 0.3) is 10.0 Å². The molecule has 0 spiro atoms. The fourth-order valence-corrected chi connectivity index (χ4v) is 3.62. The van der Waals surface area contributed by atoms with E-state index in [2.05, 4.69) is 9.88 Å². The number of hydrogen-bond donors (Lipinski definition) is 1. The summed E-state index contributed by atoms with van der Waals surface area (Å²) in [6.45, 7) is 1.80. The van der Waals surface area contributed by atoms with Crippen LogP contribution in [-0.2, 0) is 10.0 Å². The third-order valence-electron chi connectivity index (χ3n) is 3.49. The highest BCUT2D eigenvalue weighted by atomic mass is 35.5. The maximum absolute atomic E-state index is 12.6. The van der Waals surface area contributed by atoms with Crippen molar-refractivity contribution in [3.8, 4) is 17.0 Å². The van der Waals surface area contributed by atoms with Gasteiger partial charge in [-0.15, -0.1) is 0 Å². The Balaban J connectivity index is 1.90. The number of nitrogens with one attached hydrogen (secondary N) is 1. The van der Waals surface area contributed by atoms with Crippen LogP contribution in [0.4, 0.5) is 5.88 Å². The molecule has 0 atom stereocenters. The van der Waals surface area contributed by atoms with E-state index in [0.717, 1.165) is 11.1 Å². The average Bonchev–Trinajstić information content (AvgIpc) is 3.03. The van der Waals surface area contributed by atoms with Gasteiger partial charge < -0.3 is 9.26 Å². The number of aromatic nitrogens is 1. The number of aryl methyl sites for hydroxylation is 1. The number of anilines is 1. The molecule has 8 heteroatoms. The van der Waals surface area contributed by atoms with E-state index in [1.54, 1.807) is 43.3 Å². The summed E-state index contributed by atoms with van der Waals surface area (Å²) in [4.78, 5) is 0.0273. The van der Waals surface area contributed by atoms with Crippen LogP contribution in [0, 0.1) is 6.92 Å². The van der Waals surface area contributed by atoms with Gasteiger partial charge in [0.15, 0.2) is 0 Å². The maximum atomic E-state index is 12.6. The number of halogens is 1. The fourth-order valence-electron chi connectivity index (χ4n) is 2.26. The molecular formula is C17H15ClN2O4S. The topological polar surface area (TPSA) is 81.4 Å². The Morgan fingerprint density at radius 1 is 1.12 bits per heavy atom. The maximum Gasteiger partial charge on any atom is 0.267 e. The van der Waals surface area contributed by atoms with Gasteiger partial charge in [0, 0.05) is 16.7 Å². The van der Waals surface area contributed by atoms with Gasteiger partial charge in [0.05, 0.1) is 7.11 Å². The van der Waals surface area contributed by atoms with E-state index in [0.29, 0.717) is 10.7 Å². The Bertz CT molecular complexity index is 998. The highest BCUT2D eigenvalue weighted by Crippen LogP contribution is 2.28. The van der Waals surface area contributed by atoms with Crippen LogP contribution < -0.4 is 9.46 Å². The predicted octanol–water partition coefficient (Wildman–Crippen LogP) is 4.11. The van der Waals surface area contributed by atoms with E-state index >= 15 is 0 Å². The van der Waals surface area contributed by atoms with E-state index in [4.69, 9.17) is 20.9 Å². The molecule has 2 aromatic carbocycles. The number of hydrogen-bond acceptors (Lipinski definition) is 5. The Hall–Kier alpha value is -2.51. The van der Waals surface area contributed by atoms with Crippen LogP contribution in [0.3, 0.4) is 0 Å². The van der Waals surface area contributed by atoms with Crippen molar-refractivity contribution in [2.24, 2.45) is 0 Å². The van der Waals surface area contributed by atoms with Crippen molar-refractivity contribution in [3.05, 3.63) is 59.1 Å². The van der Waals surface area contributed by atoms with Crippen molar-refractivity contribution >= 4 is 27.5 Å². The van der Waals surface area contributed by atoms with Crippen molar-refractivity contribution in [3.63, 3.8) is 0 Å². The van der Waals surface area contributed by atoms with E-state index in [9.17, 15) is 8.42 Å². The van der Waals surface area contributed by atoms with Gasteiger partial charge in [-0.25, -0.2) is 13.1 Å². The van der Waals surface area contributed by atoms with Crippen LogP contribution in [0.25, 0.3) is 11.3 Å². The van der Waals surface area contributed by atoms with Crippen molar-refractivity contribution in [1.29, 1.82) is 0 Å². The third-order valence-corrected chi connectivity index (χ3v) is 5.11. The smallest absolute Gasteiger partial charge is 0.267 e. The summed E-state index contributed by atoms with van der Waals surface area (Å²) in [5.74, 6) is 0.254. The quantitative estimate of drug-likeness (QED) is 0.722. The molecule has 1 heterocycles. The first-order chi connectivity index (χ1) is 11.9. The largest absolute Gasteiger partial charge is 0.495 e. The average molecular weight is 379 g/mol. The summed E-state index contributed by atoms with van der Waals surface area (Å²) >= 11 is 5.85. The Labute approximate surface area is 150 Å². The van der Waals surface area contributed by atoms with Crippen molar-refractivity contribution in [1.82, 2.24) is 5.16 Å². The molecule has 6 nitrogen and oxygen atoms in total. The van der Waals surface area contributed by atoms with E-state index < -0.39 is 10.0 Å². The molecule has 0 saturated carbocycles. The lowest BCUT2D eigenvalue weighted by Crippen LogP contribution is -2.13. The molecule has 0 saturated heterocycles. The zero-order valence-corrected chi connectivity index (χ0v) is 15.1. The number of rotatable bonds is 5. The molecule has 130 valence electrons. The first-order valence-electron chi connectivity index (χ1n) is 7.29. The first-order valence-corrected chi connectivity index (χ1v) is 9.15. The second kappa shape index (κ2) is 6.78. The molecule has 0 bridgehead atoms. The van der Waals surface area contributed by atoms with Crippen LogP contribution in [0.1, 0.15) is 5.56 Å². The van der Waals surface area contributed by atoms with Gasteiger partial charge in [0.1, 0.15) is 16.3 Å². The van der Waals surface area contributed by atoms with Gasteiger partial charge in [0.2, 0.25) is 5.88 Å². The summed E-state index contributed by atoms with van der Waals surface area (Å²) in [5, 5.41) is 4.47. The normalized spacial score (nSPS) is 11.3. The molecule has 0 amide bonds. The van der Waals surface area contributed by atoms with Gasteiger partial charge in [-0.1, -0.05) is 35.0 Å². The minimum atomic E-state index is -3.88.